The minimum atomic E-state index is -0.159. The quantitative estimate of drug-likeness (QED) is 0.136. The van der Waals surface area contributed by atoms with Crippen molar-refractivity contribution in [1.82, 2.24) is 0 Å². The highest BCUT2D eigenvalue weighted by molar-refractivity contribution is 6.29. The van der Waals surface area contributed by atoms with Crippen LogP contribution in [0.25, 0.3) is 43.1 Å². The van der Waals surface area contributed by atoms with Gasteiger partial charge in [0.25, 0.3) is 0 Å². The van der Waals surface area contributed by atoms with E-state index in [-0.39, 0.29) is 11.7 Å². The van der Waals surface area contributed by atoms with Crippen LogP contribution < -0.4 is 4.74 Å². The smallest absolute Gasteiger partial charge is 0.305 e. The second kappa shape index (κ2) is 10.7. The highest BCUT2D eigenvalue weighted by Crippen LogP contribution is 2.41. The first-order valence-corrected chi connectivity index (χ1v) is 12.7. The number of aromatic hydroxyl groups is 1. The standard InChI is InChI=1S/C32H26N2O4/c1-2-37-30(36)6-4-3-5-15-38-23-10-14-25-21(17-23)8-12-27-29(19-34)28(18-33)26-11-7-20-16-22(35)9-13-24(20)31(26)32(25)27/h7-14,16-17,35H,2-6,15H2,1H3. The van der Waals surface area contributed by atoms with Crippen LogP contribution >= 0.6 is 0 Å². The molecule has 0 aliphatic rings. The lowest BCUT2D eigenvalue weighted by Crippen LogP contribution is -2.04. The summed E-state index contributed by atoms with van der Waals surface area (Å²) in [5.74, 6) is 0.757. The molecular weight excluding hydrogens is 476 g/mol. The average Bonchev–Trinajstić information content (AvgIpc) is 2.93. The molecule has 0 atom stereocenters. The van der Waals surface area contributed by atoms with E-state index in [4.69, 9.17) is 9.47 Å². The molecule has 5 aromatic rings. The van der Waals surface area contributed by atoms with Gasteiger partial charge in [-0.1, -0.05) is 36.4 Å². The molecule has 38 heavy (non-hydrogen) atoms. The molecule has 0 unspecified atom stereocenters. The molecule has 0 aromatic heterocycles. The lowest BCUT2D eigenvalue weighted by molar-refractivity contribution is -0.143. The molecule has 0 spiro atoms. The lowest BCUT2D eigenvalue weighted by atomic mass is 9.87. The van der Waals surface area contributed by atoms with Crippen LogP contribution in [0, 0.1) is 22.7 Å². The maximum atomic E-state index is 11.5. The van der Waals surface area contributed by atoms with Gasteiger partial charge in [-0.05, 0) is 82.8 Å². The van der Waals surface area contributed by atoms with Crippen molar-refractivity contribution in [3.05, 3.63) is 71.8 Å². The van der Waals surface area contributed by atoms with Gasteiger partial charge >= 0.3 is 5.97 Å². The molecule has 5 aromatic carbocycles. The minimum absolute atomic E-state index is 0.159. The van der Waals surface area contributed by atoms with Gasteiger partial charge < -0.3 is 14.6 Å². The van der Waals surface area contributed by atoms with Crippen LogP contribution in [-0.2, 0) is 9.53 Å². The van der Waals surface area contributed by atoms with Gasteiger partial charge in [0.1, 0.15) is 23.6 Å². The monoisotopic (exact) mass is 502 g/mol. The molecule has 0 amide bonds. The summed E-state index contributed by atoms with van der Waals surface area (Å²) in [5.41, 5.74) is 0.713. The van der Waals surface area contributed by atoms with Crippen LogP contribution in [0.3, 0.4) is 0 Å². The van der Waals surface area contributed by atoms with Gasteiger partial charge in [-0.15, -0.1) is 0 Å². The molecule has 6 nitrogen and oxygen atoms in total. The van der Waals surface area contributed by atoms with Crippen molar-refractivity contribution in [2.45, 2.75) is 32.6 Å². The Labute approximate surface area is 220 Å². The number of carbonyl (C=O) groups excluding carboxylic acids is 1. The van der Waals surface area contributed by atoms with Crippen LogP contribution in [-0.4, -0.2) is 24.3 Å². The van der Waals surface area contributed by atoms with E-state index in [1.165, 1.54) is 0 Å². The zero-order valence-corrected chi connectivity index (χ0v) is 21.1. The number of ether oxygens (including phenoxy) is 2. The van der Waals surface area contributed by atoms with Crippen molar-refractivity contribution < 1.29 is 19.4 Å². The Morgan fingerprint density at radius 1 is 0.789 bits per heavy atom. The molecular formula is C32H26N2O4. The van der Waals surface area contributed by atoms with Gasteiger partial charge in [0, 0.05) is 17.2 Å². The fraction of sp³-hybridized carbons (Fsp3) is 0.219. The third-order valence-corrected chi connectivity index (χ3v) is 6.86. The molecule has 6 heteroatoms. The first-order chi connectivity index (χ1) is 18.5. The molecule has 1 N–H and O–H groups in total. The molecule has 0 bridgehead atoms. The molecule has 0 aliphatic heterocycles. The predicted molar refractivity (Wildman–Crippen MR) is 148 cm³/mol. The van der Waals surface area contributed by atoms with Crippen molar-refractivity contribution in [1.29, 1.82) is 10.5 Å². The summed E-state index contributed by atoms with van der Waals surface area (Å²) >= 11 is 0. The van der Waals surface area contributed by atoms with Crippen molar-refractivity contribution >= 4 is 49.1 Å². The number of nitrogens with zero attached hydrogens (tertiary/aromatic N) is 2. The highest BCUT2D eigenvalue weighted by atomic mass is 16.5. The predicted octanol–water partition coefficient (Wildman–Crippen LogP) is 7.25. The number of fused-ring (bicyclic) bond motifs is 7. The summed E-state index contributed by atoms with van der Waals surface area (Å²) in [4.78, 5) is 11.5. The van der Waals surface area contributed by atoms with E-state index in [0.29, 0.717) is 36.1 Å². The van der Waals surface area contributed by atoms with Gasteiger partial charge in [0.05, 0.1) is 24.3 Å². The molecule has 0 fully saturated rings. The third-order valence-electron chi connectivity index (χ3n) is 6.86. The Kier molecular flexibility index (Phi) is 6.98. The molecule has 5 rings (SSSR count). The van der Waals surface area contributed by atoms with E-state index in [2.05, 4.69) is 12.1 Å². The fourth-order valence-electron chi connectivity index (χ4n) is 5.14. The Bertz CT molecular complexity index is 1790. The zero-order valence-electron chi connectivity index (χ0n) is 21.1. The van der Waals surface area contributed by atoms with E-state index >= 15 is 0 Å². The molecule has 0 aliphatic carbocycles. The number of esters is 1. The Morgan fingerprint density at radius 2 is 1.39 bits per heavy atom. The largest absolute Gasteiger partial charge is 0.508 e. The van der Waals surface area contributed by atoms with Gasteiger partial charge in [-0.25, -0.2) is 0 Å². The summed E-state index contributed by atoms with van der Waals surface area (Å²) in [6, 6.07) is 23.2. The maximum absolute atomic E-state index is 11.5. The van der Waals surface area contributed by atoms with Gasteiger partial charge in [-0.2, -0.15) is 10.5 Å². The van der Waals surface area contributed by atoms with Crippen LogP contribution in [0.5, 0.6) is 11.5 Å². The van der Waals surface area contributed by atoms with E-state index in [1.54, 1.807) is 19.1 Å². The van der Waals surface area contributed by atoms with E-state index < -0.39 is 0 Å². The molecule has 188 valence electrons. The first-order valence-electron chi connectivity index (χ1n) is 12.7. The van der Waals surface area contributed by atoms with E-state index in [1.807, 2.05) is 48.5 Å². The van der Waals surface area contributed by atoms with E-state index in [0.717, 1.165) is 62.7 Å². The Morgan fingerprint density at radius 3 is 2.03 bits per heavy atom. The number of phenolic OH excluding ortho intramolecular Hbond substituents is 1. The molecule has 0 saturated heterocycles. The number of rotatable bonds is 8. The van der Waals surface area contributed by atoms with Crippen molar-refractivity contribution in [2.75, 3.05) is 13.2 Å². The maximum Gasteiger partial charge on any atom is 0.305 e. The van der Waals surface area contributed by atoms with E-state index in [9.17, 15) is 20.4 Å². The zero-order chi connectivity index (χ0) is 26.6. The number of hydrogen-bond donors (Lipinski definition) is 1. The molecule has 0 radical (unpaired) electrons. The number of hydrogen-bond acceptors (Lipinski definition) is 6. The second-order valence-corrected chi connectivity index (χ2v) is 9.20. The van der Waals surface area contributed by atoms with Gasteiger partial charge in [0.2, 0.25) is 0 Å². The summed E-state index contributed by atoms with van der Waals surface area (Å²) in [6.45, 7) is 2.76. The van der Waals surface area contributed by atoms with Gasteiger partial charge in [-0.3, -0.25) is 4.79 Å². The van der Waals surface area contributed by atoms with Crippen molar-refractivity contribution in [3.63, 3.8) is 0 Å². The first kappa shape index (κ1) is 24.9. The number of nitriles is 2. The summed E-state index contributed by atoms with van der Waals surface area (Å²) < 4.78 is 11.0. The average molecular weight is 503 g/mol. The van der Waals surface area contributed by atoms with Crippen LogP contribution in [0.15, 0.2) is 60.7 Å². The third kappa shape index (κ3) is 4.53. The summed E-state index contributed by atoms with van der Waals surface area (Å²) in [6.07, 6.45) is 2.92. The number of unbranched alkanes of at least 4 members (excludes halogenated alkanes) is 2. The van der Waals surface area contributed by atoms with Crippen molar-refractivity contribution in [2.24, 2.45) is 0 Å². The summed E-state index contributed by atoms with van der Waals surface area (Å²) in [7, 11) is 0. The SMILES string of the molecule is CCOC(=O)CCCCCOc1ccc2c(ccc3c(C#N)c(C#N)c4ccc5cc(O)ccc5c4c32)c1. The Balaban J connectivity index is 1.55. The molecule has 0 saturated carbocycles. The second-order valence-electron chi connectivity index (χ2n) is 9.20. The fourth-order valence-corrected chi connectivity index (χ4v) is 5.14. The van der Waals surface area contributed by atoms with Crippen LogP contribution in [0.1, 0.15) is 43.7 Å². The molecule has 0 heterocycles. The summed E-state index contributed by atoms with van der Waals surface area (Å²) in [5, 5.41) is 36.9. The minimum Gasteiger partial charge on any atom is -0.508 e. The number of phenols is 1. The normalized spacial score (nSPS) is 11.0. The lowest BCUT2D eigenvalue weighted by Gasteiger charge is -2.15. The topological polar surface area (TPSA) is 103 Å². The van der Waals surface area contributed by atoms with Crippen LogP contribution in [0.4, 0.5) is 0 Å². The Hall–Kier alpha value is -4.81. The highest BCUT2D eigenvalue weighted by Gasteiger charge is 2.18. The van der Waals surface area contributed by atoms with Crippen molar-refractivity contribution in [3.8, 4) is 23.6 Å². The van der Waals surface area contributed by atoms with Gasteiger partial charge in [0.15, 0.2) is 0 Å². The number of benzene rings is 5. The number of carbonyl (C=O) groups is 1. The van der Waals surface area contributed by atoms with Crippen LogP contribution in [0.2, 0.25) is 0 Å².